The first-order valence-electron chi connectivity index (χ1n) is 6.61. The number of hydrogen-bond donors (Lipinski definition) is 2. The first-order valence-corrected chi connectivity index (χ1v) is 6.61. The lowest BCUT2D eigenvalue weighted by atomic mass is 10.1. The Morgan fingerprint density at radius 3 is 2.11 bits per heavy atom. The maximum Gasteiger partial charge on any atom is 0.334 e. The van der Waals surface area contributed by atoms with Crippen LogP contribution in [0.25, 0.3) is 0 Å². The molecule has 3 atom stereocenters. The number of hydrogen-bond acceptors (Lipinski definition) is 6. The highest BCUT2D eigenvalue weighted by molar-refractivity contribution is 5.74. The lowest BCUT2D eigenvalue weighted by Gasteiger charge is -2.17. The van der Waals surface area contributed by atoms with E-state index in [0.717, 1.165) is 6.42 Å². The van der Waals surface area contributed by atoms with Gasteiger partial charge in [-0.05, 0) is 39.5 Å². The Bertz CT molecular complexity index is 274. The average molecular weight is 276 g/mol. The van der Waals surface area contributed by atoms with Crippen LogP contribution in [0, 0.1) is 0 Å². The third kappa shape index (κ3) is 8.56. The zero-order chi connectivity index (χ0) is 14.8. The predicted octanol–water partition coefficient (Wildman–Crippen LogP) is 0.783. The zero-order valence-corrected chi connectivity index (χ0v) is 11.8. The van der Waals surface area contributed by atoms with Crippen LogP contribution in [0.4, 0.5) is 0 Å². The highest BCUT2D eigenvalue weighted by Crippen LogP contribution is 2.10. The van der Waals surface area contributed by atoms with Crippen molar-refractivity contribution in [3.63, 3.8) is 0 Å². The highest BCUT2D eigenvalue weighted by atomic mass is 16.6. The number of esters is 2. The van der Waals surface area contributed by atoms with Crippen LogP contribution in [0.15, 0.2) is 0 Å². The van der Waals surface area contributed by atoms with Gasteiger partial charge in [-0.15, -0.1) is 0 Å². The van der Waals surface area contributed by atoms with E-state index in [-0.39, 0.29) is 12.7 Å². The molecule has 0 aromatic heterocycles. The highest BCUT2D eigenvalue weighted by Gasteiger charge is 2.16. The summed E-state index contributed by atoms with van der Waals surface area (Å²) in [5.74, 6) is -1.25. The number of carbonyl (C=O) groups is 2. The normalized spacial score (nSPS) is 15.4. The molecule has 0 aliphatic carbocycles. The fourth-order valence-electron chi connectivity index (χ4n) is 1.38. The second-order valence-electron chi connectivity index (χ2n) is 4.48. The number of ether oxygens (including phenoxy) is 2. The molecule has 6 nitrogen and oxygen atoms in total. The minimum atomic E-state index is -1.11. The minimum Gasteiger partial charge on any atom is -0.464 e. The summed E-state index contributed by atoms with van der Waals surface area (Å²) in [7, 11) is 0. The van der Waals surface area contributed by atoms with Crippen LogP contribution in [0.2, 0.25) is 0 Å². The molecule has 0 heterocycles. The van der Waals surface area contributed by atoms with Gasteiger partial charge in [0.25, 0.3) is 0 Å². The van der Waals surface area contributed by atoms with Gasteiger partial charge in [-0.2, -0.15) is 0 Å². The van der Waals surface area contributed by atoms with Gasteiger partial charge in [-0.25, -0.2) is 9.59 Å². The van der Waals surface area contributed by atoms with Crippen molar-refractivity contribution >= 4 is 11.9 Å². The summed E-state index contributed by atoms with van der Waals surface area (Å²) < 4.78 is 9.89. The van der Waals surface area contributed by atoms with Gasteiger partial charge in [0.2, 0.25) is 0 Å². The van der Waals surface area contributed by atoms with Crippen molar-refractivity contribution in [2.75, 3.05) is 6.61 Å². The van der Waals surface area contributed by atoms with Crippen LogP contribution < -0.4 is 0 Å². The lowest BCUT2D eigenvalue weighted by Crippen LogP contribution is -2.25. The van der Waals surface area contributed by atoms with E-state index in [1.807, 2.05) is 6.92 Å². The van der Waals surface area contributed by atoms with E-state index in [4.69, 9.17) is 19.7 Å². The quantitative estimate of drug-likeness (QED) is 0.477. The molecule has 0 saturated heterocycles. The molecule has 0 aliphatic rings. The number of rotatable bonds is 9. The molecule has 0 aliphatic heterocycles. The molecule has 0 aromatic carbocycles. The summed E-state index contributed by atoms with van der Waals surface area (Å²) in [5.41, 5.74) is 0. The van der Waals surface area contributed by atoms with Gasteiger partial charge < -0.3 is 19.7 Å². The third-order valence-electron chi connectivity index (χ3n) is 2.59. The molecular weight excluding hydrogens is 252 g/mol. The molecule has 2 N–H and O–H groups in total. The summed E-state index contributed by atoms with van der Waals surface area (Å²) in [5, 5.41) is 17.9. The van der Waals surface area contributed by atoms with Crippen LogP contribution in [-0.4, -0.2) is 47.1 Å². The summed E-state index contributed by atoms with van der Waals surface area (Å²) in [6.45, 7) is 4.85. The van der Waals surface area contributed by atoms with Crippen molar-refractivity contribution in [1.29, 1.82) is 0 Å². The molecule has 0 aromatic rings. The maximum atomic E-state index is 11.2. The first-order chi connectivity index (χ1) is 8.88. The summed E-state index contributed by atoms with van der Waals surface area (Å²) in [4.78, 5) is 22.1. The van der Waals surface area contributed by atoms with Crippen LogP contribution in [0.1, 0.15) is 46.5 Å². The van der Waals surface area contributed by atoms with Gasteiger partial charge in [-0.3, -0.25) is 0 Å². The molecular formula is C13H24O6. The zero-order valence-electron chi connectivity index (χ0n) is 11.8. The van der Waals surface area contributed by atoms with Crippen molar-refractivity contribution in [2.24, 2.45) is 0 Å². The van der Waals surface area contributed by atoms with Crippen molar-refractivity contribution in [3.8, 4) is 0 Å². The smallest absolute Gasteiger partial charge is 0.334 e. The standard InChI is InChI=1S/C13H24O6/c1-4-11(19-13(17)10(3)15)7-5-6-8-18-12(16)9(2)14/h9-11,14-15H,4-8H2,1-3H3. The Morgan fingerprint density at radius 1 is 1.05 bits per heavy atom. The summed E-state index contributed by atoms with van der Waals surface area (Å²) >= 11 is 0. The molecule has 0 radical (unpaired) electrons. The lowest BCUT2D eigenvalue weighted by molar-refractivity contribution is -0.158. The first kappa shape index (κ1) is 17.9. The molecule has 6 heteroatoms. The second kappa shape index (κ2) is 9.75. The van der Waals surface area contributed by atoms with Crippen molar-refractivity contribution in [3.05, 3.63) is 0 Å². The van der Waals surface area contributed by atoms with Crippen molar-refractivity contribution in [1.82, 2.24) is 0 Å². The average Bonchev–Trinajstić information content (AvgIpc) is 2.35. The van der Waals surface area contributed by atoms with Crippen molar-refractivity contribution < 1.29 is 29.3 Å². The Hall–Kier alpha value is -1.14. The summed E-state index contributed by atoms with van der Waals surface area (Å²) in [6.07, 6.45) is 0.262. The van der Waals surface area contributed by atoms with Gasteiger partial charge in [0.15, 0.2) is 0 Å². The Kier molecular flexibility index (Phi) is 9.16. The van der Waals surface area contributed by atoms with E-state index in [2.05, 4.69) is 0 Å². The van der Waals surface area contributed by atoms with E-state index in [9.17, 15) is 9.59 Å². The number of carbonyl (C=O) groups excluding carboxylic acids is 2. The number of aliphatic hydroxyl groups excluding tert-OH is 2. The molecule has 0 saturated carbocycles. The molecule has 0 fully saturated rings. The van der Waals surface area contributed by atoms with E-state index < -0.39 is 24.1 Å². The van der Waals surface area contributed by atoms with Gasteiger partial charge in [-0.1, -0.05) is 6.92 Å². The number of aliphatic hydroxyl groups is 2. The van der Waals surface area contributed by atoms with Gasteiger partial charge in [0.05, 0.1) is 6.61 Å². The Balaban J connectivity index is 3.73. The number of unbranched alkanes of at least 4 members (excludes halogenated alkanes) is 1. The van der Waals surface area contributed by atoms with Crippen LogP contribution in [0.3, 0.4) is 0 Å². The summed E-state index contributed by atoms with van der Waals surface area (Å²) in [6, 6.07) is 0. The van der Waals surface area contributed by atoms with E-state index in [1.54, 1.807) is 0 Å². The Morgan fingerprint density at radius 2 is 1.63 bits per heavy atom. The minimum absolute atomic E-state index is 0.227. The molecule has 19 heavy (non-hydrogen) atoms. The van der Waals surface area contributed by atoms with Crippen LogP contribution in [-0.2, 0) is 19.1 Å². The van der Waals surface area contributed by atoms with E-state index in [0.29, 0.717) is 19.3 Å². The monoisotopic (exact) mass is 276 g/mol. The van der Waals surface area contributed by atoms with Crippen LogP contribution >= 0.6 is 0 Å². The molecule has 0 rings (SSSR count). The van der Waals surface area contributed by atoms with Gasteiger partial charge >= 0.3 is 11.9 Å². The fraction of sp³-hybridized carbons (Fsp3) is 0.846. The molecule has 112 valence electrons. The molecule has 3 unspecified atom stereocenters. The predicted molar refractivity (Wildman–Crippen MR) is 68.3 cm³/mol. The molecule has 0 spiro atoms. The fourth-order valence-corrected chi connectivity index (χ4v) is 1.38. The van der Waals surface area contributed by atoms with Crippen LogP contribution in [0.5, 0.6) is 0 Å². The Labute approximate surface area is 113 Å². The van der Waals surface area contributed by atoms with Crippen molar-refractivity contribution in [2.45, 2.75) is 64.8 Å². The maximum absolute atomic E-state index is 11.2. The van der Waals surface area contributed by atoms with Gasteiger partial charge in [0.1, 0.15) is 18.3 Å². The molecule has 0 amide bonds. The second-order valence-corrected chi connectivity index (χ2v) is 4.48. The molecule has 0 bridgehead atoms. The topological polar surface area (TPSA) is 93.1 Å². The van der Waals surface area contributed by atoms with E-state index in [1.165, 1.54) is 13.8 Å². The van der Waals surface area contributed by atoms with E-state index >= 15 is 0 Å². The van der Waals surface area contributed by atoms with Gasteiger partial charge in [0, 0.05) is 0 Å². The largest absolute Gasteiger partial charge is 0.464 e. The third-order valence-corrected chi connectivity index (χ3v) is 2.59. The SMILES string of the molecule is CCC(CCCCOC(=O)C(C)O)OC(=O)C(C)O.